The third kappa shape index (κ3) is 5.03. The summed E-state index contributed by atoms with van der Waals surface area (Å²) in [4.78, 5) is 34.5. The number of likely N-dealkylation sites (tertiary alicyclic amines) is 1. The van der Waals surface area contributed by atoms with E-state index in [1.165, 1.54) is 6.33 Å². The predicted octanol–water partition coefficient (Wildman–Crippen LogP) is 3.71. The average molecular weight is 433 g/mol. The number of nitrogens with one attached hydrogen (secondary N) is 1. The van der Waals surface area contributed by atoms with Crippen LogP contribution in [0, 0.1) is 5.92 Å². The highest BCUT2D eigenvalue weighted by molar-refractivity contribution is 9.10. The molecule has 1 aromatic heterocycles. The van der Waals surface area contributed by atoms with Crippen molar-refractivity contribution in [2.45, 2.75) is 19.8 Å². The number of hydrogen-bond donors (Lipinski definition) is 1. The summed E-state index contributed by atoms with van der Waals surface area (Å²) in [5.41, 5.74) is 1.66. The van der Waals surface area contributed by atoms with Crippen LogP contribution in [0.3, 0.4) is 0 Å². The lowest BCUT2D eigenvalue weighted by Crippen LogP contribution is -2.44. The first kappa shape index (κ1) is 19.3. The van der Waals surface area contributed by atoms with Gasteiger partial charge in [0, 0.05) is 29.2 Å². The molecule has 2 heterocycles. The maximum Gasteiger partial charge on any atom is 0.409 e. The van der Waals surface area contributed by atoms with Crippen molar-refractivity contribution in [3.8, 4) is 11.3 Å². The molecule has 0 aliphatic carbocycles. The minimum Gasteiger partial charge on any atom is -0.450 e. The standard InChI is InChI=1S/C19H21BrN4O3/c1-2-27-19(26)24-9-3-4-14(11-24)18(25)23-17-10-16(21-12-22-17)13-5-7-15(20)8-6-13/h5-8,10,12,14H,2-4,9,11H2,1H3,(H,21,22,23,25)/t14-/m1/s1. The molecule has 7 nitrogen and oxygen atoms in total. The highest BCUT2D eigenvalue weighted by atomic mass is 79.9. The number of benzene rings is 1. The first-order valence-corrected chi connectivity index (χ1v) is 9.66. The minimum absolute atomic E-state index is 0.149. The van der Waals surface area contributed by atoms with Crippen molar-refractivity contribution in [1.29, 1.82) is 0 Å². The monoisotopic (exact) mass is 432 g/mol. The van der Waals surface area contributed by atoms with Gasteiger partial charge in [-0.05, 0) is 31.9 Å². The molecule has 142 valence electrons. The van der Waals surface area contributed by atoms with Crippen molar-refractivity contribution in [3.63, 3.8) is 0 Å². The van der Waals surface area contributed by atoms with Crippen molar-refractivity contribution in [1.82, 2.24) is 14.9 Å². The molecule has 1 aliphatic heterocycles. The third-order valence-corrected chi connectivity index (χ3v) is 4.91. The zero-order valence-corrected chi connectivity index (χ0v) is 16.6. The number of nitrogens with zero attached hydrogens (tertiary/aromatic N) is 3. The summed E-state index contributed by atoms with van der Waals surface area (Å²) in [5, 5.41) is 2.85. The molecule has 0 unspecified atom stereocenters. The van der Waals surface area contributed by atoms with Crippen LogP contribution in [0.25, 0.3) is 11.3 Å². The normalized spacial score (nSPS) is 16.7. The first-order chi connectivity index (χ1) is 13.1. The van der Waals surface area contributed by atoms with Gasteiger partial charge in [-0.25, -0.2) is 14.8 Å². The largest absolute Gasteiger partial charge is 0.450 e. The molecule has 1 saturated heterocycles. The number of halogens is 1. The molecule has 0 spiro atoms. The van der Waals surface area contributed by atoms with E-state index >= 15 is 0 Å². The number of piperidine rings is 1. The van der Waals surface area contributed by atoms with Gasteiger partial charge in [0.25, 0.3) is 0 Å². The van der Waals surface area contributed by atoms with Crippen molar-refractivity contribution in [3.05, 3.63) is 41.1 Å². The first-order valence-electron chi connectivity index (χ1n) is 8.87. The lowest BCUT2D eigenvalue weighted by atomic mass is 9.97. The molecule has 1 N–H and O–H groups in total. The highest BCUT2D eigenvalue weighted by Crippen LogP contribution is 2.23. The molecule has 1 fully saturated rings. The summed E-state index contributed by atoms with van der Waals surface area (Å²) in [5.74, 6) is 0.0138. The molecular weight excluding hydrogens is 412 g/mol. The smallest absolute Gasteiger partial charge is 0.409 e. The molecule has 27 heavy (non-hydrogen) atoms. The Morgan fingerprint density at radius 1 is 1.30 bits per heavy atom. The van der Waals surface area contributed by atoms with Crippen LogP contribution in [0.5, 0.6) is 0 Å². The Morgan fingerprint density at radius 3 is 2.81 bits per heavy atom. The number of carbonyl (C=O) groups is 2. The second kappa shape index (κ2) is 8.94. The zero-order valence-electron chi connectivity index (χ0n) is 15.0. The number of hydrogen-bond acceptors (Lipinski definition) is 5. The van der Waals surface area contributed by atoms with Crippen LogP contribution in [-0.4, -0.2) is 46.6 Å². The SMILES string of the molecule is CCOC(=O)N1CCC[C@@H](C(=O)Nc2cc(-c3ccc(Br)cc3)ncn2)C1. The van der Waals surface area contributed by atoms with Gasteiger partial charge >= 0.3 is 6.09 Å². The van der Waals surface area contributed by atoms with Gasteiger partial charge in [-0.15, -0.1) is 0 Å². The van der Waals surface area contributed by atoms with Crippen molar-refractivity contribution in [2.24, 2.45) is 5.92 Å². The van der Waals surface area contributed by atoms with E-state index in [9.17, 15) is 9.59 Å². The minimum atomic E-state index is -0.366. The Labute approximate surface area is 166 Å². The molecule has 0 bridgehead atoms. The molecule has 1 atom stereocenters. The lowest BCUT2D eigenvalue weighted by molar-refractivity contribution is -0.121. The van der Waals surface area contributed by atoms with Crippen molar-refractivity contribution < 1.29 is 14.3 Å². The molecule has 2 amide bonds. The number of aromatic nitrogens is 2. The summed E-state index contributed by atoms with van der Waals surface area (Å²) in [6.07, 6.45) is 2.56. The molecule has 8 heteroatoms. The summed E-state index contributed by atoms with van der Waals surface area (Å²) in [6.45, 7) is 3.06. The van der Waals surface area contributed by atoms with Crippen LogP contribution in [0.1, 0.15) is 19.8 Å². The molecule has 0 radical (unpaired) electrons. The second-order valence-corrected chi connectivity index (χ2v) is 7.18. The van der Waals surface area contributed by atoms with E-state index in [0.717, 1.165) is 28.6 Å². The number of anilines is 1. The predicted molar refractivity (Wildman–Crippen MR) is 105 cm³/mol. The fraction of sp³-hybridized carbons (Fsp3) is 0.368. The van der Waals surface area contributed by atoms with E-state index in [0.29, 0.717) is 25.5 Å². The Morgan fingerprint density at radius 2 is 2.07 bits per heavy atom. The van der Waals surface area contributed by atoms with Crippen LogP contribution < -0.4 is 5.32 Å². The number of carbonyl (C=O) groups excluding carboxylic acids is 2. The van der Waals surface area contributed by atoms with E-state index in [-0.39, 0.29) is 17.9 Å². The third-order valence-electron chi connectivity index (χ3n) is 4.38. The van der Waals surface area contributed by atoms with Gasteiger partial charge < -0.3 is 15.0 Å². The van der Waals surface area contributed by atoms with Gasteiger partial charge in [0.05, 0.1) is 18.2 Å². The maximum absolute atomic E-state index is 12.6. The van der Waals surface area contributed by atoms with E-state index in [1.807, 2.05) is 24.3 Å². The second-order valence-electron chi connectivity index (χ2n) is 6.27. The Bertz CT molecular complexity index is 813. The fourth-order valence-corrected chi connectivity index (χ4v) is 3.27. The van der Waals surface area contributed by atoms with Crippen LogP contribution in [-0.2, 0) is 9.53 Å². The summed E-state index contributed by atoms with van der Waals surface area (Å²) in [7, 11) is 0. The topological polar surface area (TPSA) is 84.4 Å². The quantitative estimate of drug-likeness (QED) is 0.795. The fourth-order valence-electron chi connectivity index (χ4n) is 3.00. The Hall–Kier alpha value is -2.48. The number of amides is 2. The zero-order chi connectivity index (χ0) is 19.2. The molecule has 1 aliphatic rings. The van der Waals surface area contributed by atoms with Gasteiger partial charge in [-0.3, -0.25) is 4.79 Å². The van der Waals surface area contributed by atoms with Gasteiger partial charge in [0.2, 0.25) is 5.91 Å². The molecule has 1 aromatic carbocycles. The maximum atomic E-state index is 12.6. The Balaban J connectivity index is 1.66. The van der Waals surface area contributed by atoms with Crippen LogP contribution >= 0.6 is 15.9 Å². The number of rotatable bonds is 4. The molecule has 0 saturated carbocycles. The van der Waals surface area contributed by atoms with Gasteiger partial charge in [-0.1, -0.05) is 28.1 Å². The molecule has 3 rings (SSSR count). The Kier molecular flexibility index (Phi) is 6.39. The van der Waals surface area contributed by atoms with Crippen molar-refractivity contribution >= 4 is 33.7 Å². The summed E-state index contributed by atoms with van der Waals surface area (Å²) < 4.78 is 6.02. The van der Waals surface area contributed by atoms with E-state index in [2.05, 4.69) is 31.2 Å². The van der Waals surface area contributed by atoms with E-state index in [1.54, 1.807) is 17.9 Å². The summed E-state index contributed by atoms with van der Waals surface area (Å²) in [6, 6.07) is 9.49. The van der Waals surface area contributed by atoms with Crippen molar-refractivity contribution in [2.75, 3.05) is 25.0 Å². The van der Waals surface area contributed by atoms with Gasteiger partial charge in [0.15, 0.2) is 0 Å². The molecular formula is C19H21BrN4O3. The highest BCUT2D eigenvalue weighted by Gasteiger charge is 2.29. The van der Waals surface area contributed by atoms with Crippen LogP contribution in [0.4, 0.5) is 10.6 Å². The summed E-state index contributed by atoms with van der Waals surface area (Å²) >= 11 is 3.41. The number of ether oxygens (including phenoxy) is 1. The van der Waals surface area contributed by atoms with Gasteiger partial charge in [0.1, 0.15) is 12.1 Å². The average Bonchev–Trinajstić information content (AvgIpc) is 2.69. The van der Waals surface area contributed by atoms with E-state index in [4.69, 9.17) is 4.74 Å². The molecule has 2 aromatic rings. The lowest BCUT2D eigenvalue weighted by Gasteiger charge is -2.31. The van der Waals surface area contributed by atoms with Crippen LogP contribution in [0.15, 0.2) is 41.1 Å². The van der Waals surface area contributed by atoms with Gasteiger partial charge in [-0.2, -0.15) is 0 Å². The van der Waals surface area contributed by atoms with Crippen LogP contribution in [0.2, 0.25) is 0 Å². The van der Waals surface area contributed by atoms with E-state index < -0.39 is 0 Å².